The molecule has 4 nitrogen and oxygen atoms in total. The van der Waals surface area contributed by atoms with E-state index in [-0.39, 0.29) is 0 Å². The van der Waals surface area contributed by atoms with E-state index in [1.165, 1.54) is 27.0 Å². The third-order valence-corrected chi connectivity index (χ3v) is 10.4. The first-order valence-electron chi connectivity index (χ1n) is 16.5. The van der Waals surface area contributed by atoms with Gasteiger partial charge in [-0.15, -0.1) is 11.3 Å². The number of benzene rings is 4. The molecule has 0 bridgehead atoms. The number of hydrogen-bond donors (Lipinski definition) is 0. The molecule has 4 aromatic heterocycles. The molecule has 5 heteroatoms. The first-order chi connectivity index (χ1) is 24.3. The van der Waals surface area contributed by atoms with Gasteiger partial charge in [0.15, 0.2) is 5.82 Å². The quantitative estimate of drug-likeness (QED) is 0.180. The van der Waals surface area contributed by atoms with Crippen molar-refractivity contribution in [2.45, 2.75) is 12.8 Å². The molecule has 1 aliphatic carbocycles. The standard InChI is InChI=1S/C44H30N4S/c1-2-10-33(11-3-1)41-43-42(36-12-4-5-15-40(36)49-43)48-44(47-41)34-24-25-35(29-16-20-31(21-17-29)38-13-6-8-26-45-38)37(28-34)30-18-22-32(23-19-30)39-14-7-9-27-46-39/h1-18,20-22,24-28H,19,23H2. The van der Waals surface area contributed by atoms with Gasteiger partial charge in [0, 0.05) is 39.2 Å². The highest BCUT2D eigenvalue weighted by atomic mass is 32.1. The SMILES string of the molecule is C1=C(c2ccccn2)CCC(c2cc(-c3nc(-c4ccccc4)c4sc5ccccc5c4n3)ccc2-c2ccc(-c3ccccn3)cc2)=C1. The molecule has 1 aliphatic rings. The first-order valence-corrected chi connectivity index (χ1v) is 17.3. The van der Waals surface area contributed by atoms with Gasteiger partial charge in [0.1, 0.15) is 0 Å². The van der Waals surface area contributed by atoms with Crippen molar-refractivity contribution >= 4 is 42.8 Å². The molecule has 4 aromatic carbocycles. The van der Waals surface area contributed by atoms with E-state index in [9.17, 15) is 0 Å². The van der Waals surface area contributed by atoms with E-state index in [0.29, 0.717) is 0 Å². The molecule has 8 aromatic rings. The number of pyridine rings is 2. The maximum absolute atomic E-state index is 5.27. The Bertz CT molecular complexity index is 2520. The molecule has 4 heterocycles. The molecular formula is C44H30N4S. The zero-order chi connectivity index (χ0) is 32.6. The molecule has 0 amide bonds. The highest BCUT2D eigenvalue weighted by Crippen LogP contribution is 2.42. The molecular weight excluding hydrogens is 617 g/mol. The Balaban J connectivity index is 1.21. The lowest BCUT2D eigenvalue weighted by molar-refractivity contribution is 1.05. The van der Waals surface area contributed by atoms with Gasteiger partial charge in [-0.05, 0) is 77.1 Å². The van der Waals surface area contributed by atoms with Gasteiger partial charge in [-0.3, -0.25) is 9.97 Å². The molecule has 9 rings (SSSR count). The number of rotatable bonds is 6. The van der Waals surface area contributed by atoms with Gasteiger partial charge in [-0.25, -0.2) is 9.97 Å². The second kappa shape index (κ2) is 12.5. The van der Waals surface area contributed by atoms with E-state index in [1.807, 2.05) is 42.7 Å². The maximum atomic E-state index is 5.27. The molecule has 0 aliphatic heterocycles. The number of nitrogens with zero attached hydrogens (tertiary/aromatic N) is 4. The summed E-state index contributed by atoms with van der Waals surface area (Å²) in [6.07, 6.45) is 10.0. The molecule has 232 valence electrons. The minimum absolute atomic E-state index is 0.731. The number of hydrogen-bond acceptors (Lipinski definition) is 5. The van der Waals surface area contributed by atoms with E-state index in [1.54, 1.807) is 11.3 Å². The fourth-order valence-corrected chi connectivity index (χ4v) is 7.85. The van der Waals surface area contributed by atoms with Crippen LogP contribution in [0.15, 0.2) is 158 Å². The summed E-state index contributed by atoms with van der Waals surface area (Å²) < 4.78 is 2.33. The van der Waals surface area contributed by atoms with Crippen molar-refractivity contribution in [1.82, 2.24) is 19.9 Å². The topological polar surface area (TPSA) is 51.6 Å². The third-order valence-electron chi connectivity index (χ3n) is 9.19. The summed E-state index contributed by atoms with van der Waals surface area (Å²) in [6, 6.07) is 46.5. The van der Waals surface area contributed by atoms with E-state index < -0.39 is 0 Å². The third kappa shape index (κ3) is 5.54. The Morgan fingerprint density at radius 3 is 1.92 bits per heavy atom. The summed E-state index contributed by atoms with van der Waals surface area (Å²) in [4.78, 5) is 19.7. The first kappa shape index (κ1) is 29.1. The largest absolute Gasteiger partial charge is 0.257 e. The summed E-state index contributed by atoms with van der Waals surface area (Å²) in [7, 11) is 0. The summed E-state index contributed by atoms with van der Waals surface area (Å²) >= 11 is 1.76. The number of fused-ring (bicyclic) bond motifs is 3. The van der Waals surface area contributed by atoms with Crippen LogP contribution in [0.4, 0.5) is 0 Å². The van der Waals surface area contributed by atoms with Crippen LogP contribution in [-0.2, 0) is 0 Å². The maximum Gasteiger partial charge on any atom is 0.160 e. The van der Waals surface area contributed by atoms with Gasteiger partial charge in [0.2, 0.25) is 0 Å². The van der Waals surface area contributed by atoms with Crippen molar-refractivity contribution in [1.29, 1.82) is 0 Å². The van der Waals surface area contributed by atoms with Gasteiger partial charge >= 0.3 is 0 Å². The zero-order valence-corrected chi connectivity index (χ0v) is 27.4. The minimum atomic E-state index is 0.731. The molecule has 0 saturated heterocycles. The average molecular weight is 647 g/mol. The molecule has 0 saturated carbocycles. The molecule has 0 fully saturated rings. The lowest BCUT2D eigenvalue weighted by atomic mass is 9.86. The number of thiophene rings is 1. The van der Waals surface area contributed by atoms with E-state index in [2.05, 4.69) is 125 Å². The average Bonchev–Trinajstić information content (AvgIpc) is 3.57. The van der Waals surface area contributed by atoms with E-state index in [0.717, 1.165) is 73.6 Å². The van der Waals surface area contributed by atoms with Crippen LogP contribution in [0.3, 0.4) is 0 Å². The molecule has 0 N–H and O–H groups in total. The van der Waals surface area contributed by atoms with Crippen molar-refractivity contribution in [2.24, 2.45) is 0 Å². The molecule has 0 radical (unpaired) electrons. The van der Waals surface area contributed by atoms with Crippen molar-refractivity contribution < 1.29 is 0 Å². The second-order valence-corrected chi connectivity index (χ2v) is 13.2. The number of aromatic nitrogens is 4. The molecule has 0 atom stereocenters. The van der Waals surface area contributed by atoms with Crippen molar-refractivity contribution in [3.8, 4) is 45.0 Å². The fraction of sp³-hybridized carbons (Fsp3) is 0.0455. The summed E-state index contributed by atoms with van der Waals surface area (Å²) in [5.41, 5.74) is 13.2. The van der Waals surface area contributed by atoms with Crippen LogP contribution in [0.1, 0.15) is 24.1 Å². The fourth-order valence-electron chi connectivity index (χ4n) is 6.69. The lowest BCUT2D eigenvalue weighted by Gasteiger charge is -2.19. The highest BCUT2D eigenvalue weighted by Gasteiger charge is 2.20. The van der Waals surface area contributed by atoms with Crippen LogP contribution in [0.5, 0.6) is 0 Å². The van der Waals surface area contributed by atoms with E-state index >= 15 is 0 Å². The Morgan fingerprint density at radius 2 is 1.16 bits per heavy atom. The van der Waals surface area contributed by atoms with Crippen LogP contribution in [0, 0.1) is 0 Å². The number of allylic oxidation sites excluding steroid dienone is 4. The van der Waals surface area contributed by atoms with Crippen LogP contribution in [0.2, 0.25) is 0 Å². The van der Waals surface area contributed by atoms with Crippen molar-refractivity contribution in [3.05, 3.63) is 169 Å². The van der Waals surface area contributed by atoms with Gasteiger partial charge in [-0.2, -0.15) is 0 Å². The van der Waals surface area contributed by atoms with Crippen LogP contribution < -0.4 is 0 Å². The van der Waals surface area contributed by atoms with Crippen LogP contribution >= 0.6 is 11.3 Å². The molecule has 49 heavy (non-hydrogen) atoms. The Labute approximate surface area is 288 Å². The van der Waals surface area contributed by atoms with Crippen LogP contribution in [-0.4, -0.2) is 19.9 Å². The summed E-state index contributed by atoms with van der Waals surface area (Å²) in [5, 5.41) is 1.16. The Morgan fingerprint density at radius 1 is 0.490 bits per heavy atom. The van der Waals surface area contributed by atoms with Gasteiger partial charge in [0.05, 0.1) is 27.3 Å². The molecule has 0 unspecified atom stereocenters. The lowest BCUT2D eigenvalue weighted by Crippen LogP contribution is -1.99. The predicted octanol–water partition coefficient (Wildman–Crippen LogP) is 11.6. The Kier molecular flexibility index (Phi) is 7.45. The minimum Gasteiger partial charge on any atom is -0.257 e. The zero-order valence-electron chi connectivity index (χ0n) is 26.6. The van der Waals surface area contributed by atoms with Gasteiger partial charge in [-0.1, -0.05) is 109 Å². The smallest absolute Gasteiger partial charge is 0.160 e. The van der Waals surface area contributed by atoms with Gasteiger partial charge in [0.25, 0.3) is 0 Å². The normalized spacial score (nSPS) is 13.0. The van der Waals surface area contributed by atoms with Gasteiger partial charge < -0.3 is 0 Å². The second-order valence-electron chi connectivity index (χ2n) is 12.2. The predicted molar refractivity (Wildman–Crippen MR) is 204 cm³/mol. The van der Waals surface area contributed by atoms with Crippen molar-refractivity contribution in [3.63, 3.8) is 0 Å². The molecule has 0 spiro atoms. The monoisotopic (exact) mass is 646 g/mol. The Hall–Kier alpha value is -6.04. The van der Waals surface area contributed by atoms with Crippen LogP contribution in [0.25, 0.3) is 76.5 Å². The highest BCUT2D eigenvalue weighted by molar-refractivity contribution is 7.26. The van der Waals surface area contributed by atoms with Crippen molar-refractivity contribution in [2.75, 3.05) is 0 Å². The summed E-state index contributed by atoms with van der Waals surface area (Å²) in [5.74, 6) is 0.731. The summed E-state index contributed by atoms with van der Waals surface area (Å²) in [6.45, 7) is 0. The van der Waals surface area contributed by atoms with E-state index in [4.69, 9.17) is 9.97 Å².